The number of amides is 3. The number of urea groups is 1. The molecule has 1 saturated heterocycles. The summed E-state index contributed by atoms with van der Waals surface area (Å²) in [6, 6.07) is 15.2. The van der Waals surface area contributed by atoms with Gasteiger partial charge in [0.15, 0.2) is 0 Å². The number of nitrogens with one attached hydrogen (secondary N) is 1. The van der Waals surface area contributed by atoms with Gasteiger partial charge in [0.25, 0.3) is 5.91 Å². The summed E-state index contributed by atoms with van der Waals surface area (Å²) in [5, 5.41) is 2.99. The second-order valence-electron chi connectivity index (χ2n) is 7.69. The van der Waals surface area contributed by atoms with E-state index < -0.39 is 0 Å². The Balaban J connectivity index is 1.42. The largest absolute Gasteiger partial charge is 0.497 e. The maximum absolute atomic E-state index is 12.9. The van der Waals surface area contributed by atoms with Crippen molar-refractivity contribution in [2.75, 3.05) is 65.4 Å². The SMILES string of the molecule is COc1ccc(C(=O)N2CCN(C(=O)NCCCN(C)c3ccccc3)CC2)c(OC)c1. The number of ether oxygens (including phenoxy) is 2. The fraction of sp³-hybridized carbons (Fsp3) is 0.417. The smallest absolute Gasteiger partial charge is 0.317 e. The number of rotatable bonds is 8. The monoisotopic (exact) mass is 440 g/mol. The van der Waals surface area contributed by atoms with Crippen LogP contribution in [0.2, 0.25) is 0 Å². The number of anilines is 1. The van der Waals surface area contributed by atoms with Gasteiger partial charge in [-0.25, -0.2) is 4.79 Å². The summed E-state index contributed by atoms with van der Waals surface area (Å²) in [7, 11) is 5.15. The topological polar surface area (TPSA) is 74.4 Å². The van der Waals surface area contributed by atoms with Gasteiger partial charge < -0.3 is 29.5 Å². The first-order chi connectivity index (χ1) is 15.5. The molecule has 0 unspecified atom stereocenters. The Morgan fingerprint density at radius 2 is 1.66 bits per heavy atom. The van der Waals surface area contributed by atoms with Crippen molar-refractivity contribution in [1.29, 1.82) is 0 Å². The molecule has 1 heterocycles. The van der Waals surface area contributed by atoms with E-state index in [0.717, 1.165) is 18.7 Å². The zero-order chi connectivity index (χ0) is 22.9. The number of hydrogen-bond donors (Lipinski definition) is 1. The lowest BCUT2D eigenvalue weighted by molar-refractivity contribution is 0.0662. The van der Waals surface area contributed by atoms with E-state index in [0.29, 0.717) is 49.8 Å². The van der Waals surface area contributed by atoms with Crippen LogP contribution in [0, 0.1) is 0 Å². The first-order valence-electron chi connectivity index (χ1n) is 10.8. The Bertz CT molecular complexity index is 898. The Hall–Kier alpha value is -3.42. The van der Waals surface area contributed by atoms with Crippen molar-refractivity contribution in [2.24, 2.45) is 0 Å². The number of hydrogen-bond acceptors (Lipinski definition) is 5. The lowest BCUT2D eigenvalue weighted by Crippen LogP contribution is -2.53. The number of carbonyl (C=O) groups is 2. The molecule has 2 aromatic carbocycles. The van der Waals surface area contributed by atoms with Crippen molar-refractivity contribution in [2.45, 2.75) is 6.42 Å². The predicted octanol–water partition coefficient (Wildman–Crippen LogP) is 2.70. The van der Waals surface area contributed by atoms with Gasteiger partial charge in [-0.2, -0.15) is 0 Å². The molecule has 0 radical (unpaired) electrons. The highest BCUT2D eigenvalue weighted by molar-refractivity contribution is 5.97. The molecule has 8 nitrogen and oxygen atoms in total. The molecule has 1 aliphatic rings. The highest BCUT2D eigenvalue weighted by Gasteiger charge is 2.26. The van der Waals surface area contributed by atoms with Crippen LogP contribution in [0.25, 0.3) is 0 Å². The van der Waals surface area contributed by atoms with Crippen molar-refractivity contribution in [1.82, 2.24) is 15.1 Å². The lowest BCUT2D eigenvalue weighted by atomic mass is 10.1. The molecule has 3 rings (SSSR count). The Morgan fingerprint density at radius 1 is 0.969 bits per heavy atom. The molecule has 0 saturated carbocycles. The average Bonchev–Trinajstić information content (AvgIpc) is 2.86. The Kier molecular flexibility index (Phi) is 8.19. The molecule has 2 aromatic rings. The van der Waals surface area contributed by atoms with Crippen LogP contribution in [0.15, 0.2) is 48.5 Å². The zero-order valence-corrected chi connectivity index (χ0v) is 19.0. The Morgan fingerprint density at radius 3 is 2.31 bits per heavy atom. The van der Waals surface area contributed by atoms with Crippen molar-refractivity contribution >= 4 is 17.6 Å². The molecule has 1 aliphatic heterocycles. The highest BCUT2D eigenvalue weighted by atomic mass is 16.5. The predicted molar refractivity (Wildman–Crippen MR) is 125 cm³/mol. The molecule has 1 fully saturated rings. The van der Waals surface area contributed by atoms with E-state index in [4.69, 9.17) is 9.47 Å². The molecule has 0 aromatic heterocycles. The summed E-state index contributed by atoms with van der Waals surface area (Å²) in [5.74, 6) is 1.01. The van der Waals surface area contributed by atoms with Gasteiger partial charge in [0.05, 0.1) is 19.8 Å². The van der Waals surface area contributed by atoms with Gasteiger partial charge in [-0.05, 0) is 30.7 Å². The summed E-state index contributed by atoms with van der Waals surface area (Å²) >= 11 is 0. The lowest BCUT2D eigenvalue weighted by Gasteiger charge is -2.35. The first-order valence-corrected chi connectivity index (χ1v) is 10.8. The molecule has 3 amide bonds. The van der Waals surface area contributed by atoms with E-state index >= 15 is 0 Å². The average molecular weight is 441 g/mol. The molecule has 1 N–H and O–H groups in total. The zero-order valence-electron chi connectivity index (χ0n) is 19.0. The third kappa shape index (κ3) is 5.84. The maximum atomic E-state index is 12.9. The minimum Gasteiger partial charge on any atom is -0.497 e. The molecular formula is C24H32N4O4. The molecular weight excluding hydrogens is 408 g/mol. The van der Waals surface area contributed by atoms with Crippen LogP contribution >= 0.6 is 0 Å². The molecule has 0 bridgehead atoms. The first kappa shape index (κ1) is 23.2. The van der Waals surface area contributed by atoms with Gasteiger partial charge >= 0.3 is 6.03 Å². The standard InChI is InChI=1S/C24H32N4O4/c1-26(19-8-5-4-6-9-19)13-7-12-25-24(30)28-16-14-27(15-17-28)23(29)21-11-10-20(31-2)18-22(21)32-3/h4-6,8-11,18H,7,12-17H2,1-3H3,(H,25,30). The number of para-hydroxylation sites is 1. The van der Waals surface area contributed by atoms with E-state index in [1.165, 1.54) is 7.11 Å². The summed E-state index contributed by atoms with van der Waals surface area (Å²) < 4.78 is 10.5. The van der Waals surface area contributed by atoms with Crippen molar-refractivity contribution in [3.63, 3.8) is 0 Å². The summed E-state index contributed by atoms with van der Waals surface area (Å²) in [6.07, 6.45) is 0.854. The van der Waals surface area contributed by atoms with Crippen molar-refractivity contribution < 1.29 is 19.1 Å². The van der Waals surface area contributed by atoms with E-state index in [-0.39, 0.29) is 11.9 Å². The molecule has 8 heteroatoms. The molecule has 0 spiro atoms. The normalized spacial score (nSPS) is 13.5. The van der Waals surface area contributed by atoms with Crippen LogP contribution in [0.1, 0.15) is 16.8 Å². The highest BCUT2D eigenvalue weighted by Crippen LogP contribution is 2.26. The van der Waals surface area contributed by atoms with Gasteiger partial charge in [-0.1, -0.05) is 18.2 Å². The third-order valence-electron chi connectivity index (χ3n) is 5.64. The number of nitrogens with zero attached hydrogens (tertiary/aromatic N) is 3. The quantitative estimate of drug-likeness (QED) is 0.639. The second-order valence-corrected chi connectivity index (χ2v) is 7.69. The Labute approximate surface area is 189 Å². The van der Waals surface area contributed by atoms with Crippen molar-refractivity contribution in [3.05, 3.63) is 54.1 Å². The van der Waals surface area contributed by atoms with Gasteiger partial charge in [-0.3, -0.25) is 4.79 Å². The van der Waals surface area contributed by atoms with Crippen LogP contribution in [-0.2, 0) is 0 Å². The van der Waals surface area contributed by atoms with Crippen LogP contribution in [0.5, 0.6) is 11.5 Å². The van der Waals surface area contributed by atoms with E-state index in [2.05, 4.69) is 22.3 Å². The van der Waals surface area contributed by atoms with Gasteiger partial charge in [0.1, 0.15) is 11.5 Å². The van der Waals surface area contributed by atoms with Crippen LogP contribution in [0.4, 0.5) is 10.5 Å². The fourth-order valence-corrected chi connectivity index (χ4v) is 3.69. The van der Waals surface area contributed by atoms with Crippen LogP contribution in [-0.4, -0.2) is 82.3 Å². The number of methoxy groups -OCH3 is 2. The summed E-state index contributed by atoms with van der Waals surface area (Å²) in [4.78, 5) is 31.1. The molecule has 0 aliphatic carbocycles. The molecule has 0 atom stereocenters. The number of piperazine rings is 1. The van der Waals surface area contributed by atoms with Crippen molar-refractivity contribution in [3.8, 4) is 11.5 Å². The van der Waals surface area contributed by atoms with Gasteiger partial charge in [0, 0.05) is 58.1 Å². The van der Waals surface area contributed by atoms with E-state index in [1.54, 1.807) is 35.1 Å². The third-order valence-corrected chi connectivity index (χ3v) is 5.64. The fourth-order valence-electron chi connectivity index (χ4n) is 3.69. The number of carbonyl (C=O) groups excluding carboxylic acids is 2. The minimum atomic E-state index is -0.103. The maximum Gasteiger partial charge on any atom is 0.317 e. The van der Waals surface area contributed by atoms with E-state index in [1.807, 2.05) is 25.2 Å². The van der Waals surface area contributed by atoms with Gasteiger partial charge in [-0.15, -0.1) is 0 Å². The summed E-state index contributed by atoms with van der Waals surface area (Å²) in [6.45, 7) is 3.44. The van der Waals surface area contributed by atoms with Crippen LogP contribution in [0.3, 0.4) is 0 Å². The minimum absolute atomic E-state index is 0.0820. The molecule has 32 heavy (non-hydrogen) atoms. The molecule has 172 valence electrons. The van der Waals surface area contributed by atoms with Gasteiger partial charge in [0.2, 0.25) is 0 Å². The second kappa shape index (κ2) is 11.3. The van der Waals surface area contributed by atoms with Crippen LogP contribution < -0.4 is 19.7 Å². The summed E-state index contributed by atoms with van der Waals surface area (Å²) in [5.41, 5.74) is 1.65. The number of benzene rings is 2. The van der Waals surface area contributed by atoms with E-state index in [9.17, 15) is 9.59 Å².